The molecular weight excluding hydrogens is 372 g/mol. The summed E-state index contributed by atoms with van der Waals surface area (Å²) in [5, 5.41) is 13.2. The molecule has 3 aromatic rings. The van der Waals surface area contributed by atoms with Crippen LogP contribution in [0.3, 0.4) is 0 Å². The second-order valence-corrected chi connectivity index (χ2v) is 6.64. The van der Waals surface area contributed by atoms with Gasteiger partial charge >= 0.3 is 5.97 Å². The molecule has 2 aromatic carbocycles. The number of para-hydroxylation sites is 1. The van der Waals surface area contributed by atoms with Crippen LogP contribution in [0, 0.1) is 0 Å². The minimum absolute atomic E-state index is 0.229. The molecule has 0 spiro atoms. The summed E-state index contributed by atoms with van der Waals surface area (Å²) in [5.41, 5.74) is 1.65. The molecule has 7 heteroatoms. The summed E-state index contributed by atoms with van der Waals surface area (Å²) in [5.74, 6) is -0.186. The molecule has 0 aliphatic rings. The Kier molecular flexibility index (Phi) is 6.39. The van der Waals surface area contributed by atoms with Crippen LogP contribution in [0.5, 0.6) is 11.5 Å². The summed E-state index contributed by atoms with van der Waals surface area (Å²) in [6.45, 7) is 0.499. The highest BCUT2D eigenvalue weighted by atomic mass is 16.5. The molecule has 0 saturated carbocycles. The van der Waals surface area contributed by atoms with E-state index in [9.17, 15) is 14.7 Å². The molecule has 1 unspecified atom stereocenters. The summed E-state index contributed by atoms with van der Waals surface area (Å²) in [6, 6.07) is 14.3. The topological polar surface area (TPSA) is 89.8 Å². The zero-order chi connectivity index (χ0) is 20.8. The van der Waals surface area contributed by atoms with Crippen LogP contribution in [-0.2, 0) is 16.1 Å². The first-order chi connectivity index (χ1) is 14.0. The summed E-state index contributed by atoms with van der Waals surface area (Å²) >= 11 is 0. The Morgan fingerprint density at radius 1 is 1.10 bits per heavy atom. The van der Waals surface area contributed by atoms with Crippen LogP contribution in [0.25, 0.3) is 10.9 Å². The molecule has 0 bridgehead atoms. The molecule has 3 rings (SSSR count). The van der Waals surface area contributed by atoms with Crippen molar-refractivity contribution < 1.29 is 24.2 Å². The van der Waals surface area contributed by atoms with Gasteiger partial charge in [0.15, 0.2) is 0 Å². The van der Waals surface area contributed by atoms with Crippen LogP contribution in [0.15, 0.2) is 54.7 Å². The third-order valence-electron chi connectivity index (χ3n) is 4.79. The predicted octanol–water partition coefficient (Wildman–Crippen LogP) is 3.38. The average Bonchev–Trinajstić information content (AvgIpc) is 3.14. The van der Waals surface area contributed by atoms with Crippen LogP contribution in [-0.4, -0.2) is 35.8 Å². The van der Waals surface area contributed by atoms with Gasteiger partial charge < -0.3 is 24.5 Å². The number of aryl methyl sites for hydroxylation is 1. The van der Waals surface area contributed by atoms with Gasteiger partial charge in [-0.3, -0.25) is 9.59 Å². The second kappa shape index (κ2) is 9.14. The number of carboxylic acids is 1. The lowest BCUT2D eigenvalue weighted by molar-refractivity contribution is -0.137. The van der Waals surface area contributed by atoms with Crippen molar-refractivity contribution in [3.05, 3.63) is 60.3 Å². The molecule has 152 valence electrons. The average molecular weight is 396 g/mol. The number of rotatable bonds is 9. The van der Waals surface area contributed by atoms with Gasteiger partial charge in [-0.25, -0.2) is 0 Å². The molecule has 1 atom stereocenters. The molecule has 0 aliphatic carbocycles. The maximum Gasteiger partial charge on any atom is 0.305 e. The minimum atomic E-state index is -1.01. The van der Waals surface area contributed by atoms with Crippen molar-refractivity contribution in [2.45, 2.75) is 25.4 Å². The van der Waals surface area contributed by atoms with Gasteiger partial charge in [0.2, 0.25) is 5.91 Å². The predicted molar refractivity (Wildman–Crippen MR) is 109 cm³/mol. The molecule has 0 radical (unpaired) electrons. The Morgan fingerprint density at radius 2 is 1.90 bits per heavy atom. The molecule has 0 saturated heterocycles. The summed E-state index contributed by atoms with van der Waals surface area (Å²) in [4.78, 5) is 23.9. The maximum atomic E-state index is 12.6. The number of hydrogen-bond donors (Lipinski definition) is 2. The van der Waals surface area contributed by atoms with E-state index in [1.165, 1.54) is 14.2 Å². The molecule has 29 heavy (non-hydrogen) atoms. The van der Waals surface area contributed by atoms with Gasteiger partial charge in [0.25, 0.3) is 0 Å². The van der Waals surface area contributed by atoms with E-state index in [1.807, 2.05) is 41.1 Å². The Hall–Kier alpha value is -3.48. The summed E-state index contributed by atoms with van der Waals surface area (Å²) < 4.78 is 12.6. The number of aliphatic carboxylic acids is 1. The van der Waals surface area contributed by atoms with Crippen molar-refractivity contribution in [3.63, 3.8) is 0 Å². The number of nitrogens with zero attached hydrogens (tertiary/aromatic N) is 1. The molecule has 2 N–H and O–H groups in total. The van der Waals surface area contributed by atoms with Gasteiger partial charge in [-0.1, -0.05) is 18.2 Å². The number of carboxylic acid groups (broad SMARTS) is 1. The van der Waals surface area contributed by atoms with Crippen LogP contribution in [0.2, 0.25) is 0 Å². The fraction of sp³-hybridized carbons (Fsp3) is 0.273. The van der Waals surface area contributed by atoms with Crippen LogP contribution < -0.4 is 14.8 Å². The normalized spacial score (nSPS) is 11.8. The van der Waals surface area contributed by atoms with Crippen molar-refractivity contribution in [1.29, 1.82) is 0 Å². The van der Waals surface area contributed by atoms with E-state index in [2.05, 4.69) is 5.32 Å². The SMILES string of the molecule is COc1ccc(C(CC(=O)O)NC(=O)CCn2ccc3ccccc32)c(OC)c1. The Bertz CT molecular complexity index is 1010. The van der Waals surface area contributed by atoms with E-state index in [1.54, 1.807) is 18.2 Å². The quantitative estimate of drug-likeness (QED) is 0.579. The first kappa shape index (κ1) is 20.3. The number of methoxy groups -OCH3 is 2. The van der Waals surface area contributed by atoms with E-state index in [-0.39, 0.29) is 18.7 Å². The van der Waals surface area contributed by atoms with Crippen LogP contribution in [0.4, 0.5) is 0 Å². The van der Waals surface area contributed by atoms with Crippen LogP contribution in [0.1, 0.15) is 24.4 Å². The third-order valence-corrected chi connectivity index (χ3v) is 4.79. The lowest BCUT2D eigenvalue weighted by Crippen LogP contribution is -2.31. The van der Waals surface area contributed by atoms with Gasteiger partial charge in [0.05, 0.1) is 26.7 Å². The number of nitrogens with one attached hydrogen (secondary N) is 1. The molecule has 0 aliphatic heterocycles. The van der Waals surface area contributed by atoms with E-state index in [0.717, 1.165) is 10.9 Å². The molecule has 7 nitrogen and oxygen atoms in total. The Morgan fingerprint density at radius 3 is 2.62 bits per heavy atom. The fourth-order valence-corrected chi connectivity index (χ4v) is 3.34. The number of amides is 1. The number of ether oxygens (including phenoxy) is 2. The number of carbonyl (C=O) groups excluding carboxylic acids is 1. The number of fused-ring (bicyclic) bond motifs is 1. The van der Waals surface area contributed by atoms with Crippen molar-refractivity contribution in [2.75, 3.05) is 14.2 Å². The molecule has 1 aromatic heterocycles. The summed E-state index contributed by atoms with van der Waals surface area (Å²) in [7, 11) is 3.03. The highest BCUT2D eigenvalue weighted by molar-refractivity contribution is 5.81. The van der Waals surface area contributed by atoms with E-state index in [4.69, 9.17) is 9.47 Å². The maximum absolute atomic E-state index is 12.6. The monoisotopic (exact) mass is 396 g/mol. The van der Waals surface area contributed by atoms with Crippen molar-refractivity contribution in [3.8, 4) is 11.5 Å². The number of carbonyl (C=O) groups is 2. The lowest BCUT2D eigenvalue weighted by Gasteiger charge is -2.20. The standard InChI is InChI=1S/C22H24N2O5/c1-28-16-7-8-17(20(13-16)29-2)18(14-22(26)27)23-21(25)10-12-24-11-9-15-5-3-4-6-19(15)24/h3-9,11,13,18H,10,12,14H2,1-2H3,(H,23,25)(H,26,27). The largest absolute Gasteiger partial charge is 0.497 e. The van der Waals surface area contributed by atoms with Gasteiger partial charge in [-0.15, -0.1) is 0 Å². The van der Waals surface area contributed by atoms with Crippen molar-refractivity contribution in [1.82, 2.24) is 9.88 Å². The van der Waals surface area contributed by atoms with Gasteiger partial charge in [-0.2, -0.15) is 0 Å². The van der Waals surface area contributed by atoms with Crippen molar-refractivity contribution >= 4 is 22.8 Å². The first-order valence-corrected chi connectivity index (χ1v) is 9.28. The van der Waals surface area contributed by atoms with Crippen LogP contribution >= 0.6 is 0 Å². The smallest absolute Gasteiger partial charge is 0.305 e. The van der Waals surface area contributed by atoms with E-state index >= 15 is 0 Å². The number of aromatic nitrogens is 1. The lowest BCUT2D eigenvalue weighted by atomic mass is 10.0. The molecule has 1 heterocycles. The second-order valence-electron chi connectivity index (χ2n) is 6.64. The Balaban J connectivity index is 1.73. The van der Waals surface area contributed by atoms with E-state index < -0.39 is 12.0 Å². The van der Waals surface area contributed by atoms with Gasteiger partial charge in [0, 0.05) is 36.3 Å². The zero-order valence-corrected chi connectivity index (χ0v) is 16.4. The highest BCUT2D eigenvalue weighted by Gasteiger charge is 2.22. The number of hydrogen-bond acceptors (Lipinski definition) is 4. The molecule has 0 fully saturated rings. The zero-order valence-electron chi connectivity index (χ0n) is 16.4. The van der Waals surface area contributed by atoms with Crippen molar-refractivity contribution in [2.24, 2.45) is 0 Å². The Labute approximate surface area is 168 Å². The minimum Gasteiger partial charge on any atom is -0.497 e. The first-order valence-electron chi connectivity index (χ1n) is 9.28. The molecule has 1 amide bonds. The van der Waals surface area contributed by atoms with Gasteiger partial charge in [-0.05, 0) is 29.7 Å². The van der Waals surface area contributed by atoms with E-state index in [0.29, 0.717) is 23.6 Å². The van der Waals surface area contributed by atoms with Gasteiger partial charge in [0.1, 0.15) is 11.5 Å². The fourth-order valence-electron chi connectivity index (χ4n) is 3.34. The third kappa shape index (κ3) is 4.87. The summed E-state index contributed by atoms with van der Waals surface area (Å²) in [6.07, 6.45) is 1.92. The molecular formula is C22H24N2O5. The highest BCUT2D eigenvalue weighted by Crippen LogP contribution is 2.31. The number of benzene rings is 2.